The number of fused-ring (bicyclic) bond motifs is 4. The molecule has 1 amide bonds. The number of halogens is 1. The molecule has 4 heterocycles. The van der Waals surface area contributed by atoms with Gasteiger partial charge >= 0.3 is 0 Å². The summed E-state index contributed by atoms with van der Waals surface area (Å²) in [6.45, 7) is 5.52. The number of hydrogen-bond donors (Lipinski definition) is 3. The first kappa shape index (κ1) is 21.3. The largest absolute Gasteiger partial charge is 0.354 e. The number of pyridine rings is 1. The van der Waals surface area contributed by atoms with Gasteiger partial charge in [0, 0.05) is 48.6 Å². The van der Waals surface area contributed by atoms with Crippen molar-refractivity contribution in [3.05, 3.63) is 61.7 Å². The van der Waals surface area contributed by atoms with Gasteiger partial charge in [-0.2, -0.15) is 0 Å². The van der Waals surface area contributed by atoms with E-state index in [9.17, 15) is 14.4 Å². The number of rotatable bonds is 4. The molecule has 0 radical (unpaired) electrons. The standard InChI is InChI=1S/C20H25N5O3.ClH/c1-11-15(20(28)24-12(2)23-11)7-18(26)22-10-17-14-6-13(8-21-9-14)16-4-3-5-19(27)25(16)17;/h3-5,13-14,17,21H,6-10H2,1-2H3,(H,22,26)(H,23,24,28);1H/t13-,14+,17+;/m1./s1. The Morgan fingerprint density at radius 1 is 1.28 bits per heavy atom. The number of H-pyrrole nitrogens is 1. The Hall–Kier alpha value is -2.45. The molecule has 0 aromatic carbocycles. The van der Waals surface area contributed by atoms with Crippen LogP contribution in [0.1, 0.15) is 41.2 Å². The van der Waals surface area contributed by atoms with Gasteiger partial charge in [0.05, 0.1) is 12.5 Å². The minimum atomic E-state index is -0.279. The Bertz CT molecular complexity index is 1030. The van der Waals surface area contributed by atoms with Crippen molar-refractivity contribution in [2.45, 2.75) is 38.6 Å². The summed E-state index contributed by atoms with van der Waals surface area (Å²) < 4.78 is 1.85. The fraction of sp³-hybridized carbons (Fsp3) is 0.500. The van der Waals surface area contributed by atoms with Crippen molar-refractivity contribution < 1.29 is 4.79 Å². The third-order valence-electron chi connectivity index (χ3n) is 5.89. The first-order valence-electron chi connectivity index (χ1n) is 9.69. The lowest BCUT2D eigenvalue weighted by Gasteiger charge is -2.43. The Morgan fingerprint density at radius 3 is 2.83 bits per heavy atom. The topological polar surface area (TPSA) is 109 Å². The fourth-order valence-electron chi connectivity index (χ4n) is 4.57. The minimum absolute atomic E-state index is 0. The average molecular weight is 420 g/mol. The molecule has 0 spiro atoms. The predicted molar refractivity (Wildman–Crippen MR) is 112 cm³/mol. The van der Waals surface area contributed by atoms with Gasteiger partial charge in [0.25, 0.3) is 11.1 Å². The van der Waals surface area contributed by atoms with Crippen LogP contribution in [0.3, 0.4) is 0 Å². The van der Waals surface area contributed by atoms with Gasteiger partial charge < -0.3 is 20.2 Å². The molecule has 8 nitrogen and oxygen atoms in total. The highest BCUT2D eigenvalue weighted by Crippen LogP contribution is 2.37. The number of carbonyl (C=O) groups excluding carboxylic acids is 1. The summed E-state index contributed by atoms with van der Waals surface area (Å²) in [5, 5.41) is 6.38. The third-order valence-corrected chi connectivity index (χ3v) is 5.89. The van der Waals surface area contributed by atoms with Crippen LogP contribution in [0, 0.1) is 19.8 Å². The number of carbonyl (C=O) groups is 1. The molecule has 0 saturated carbocycles. The fourth-order valence-corrected chi connectivity index (χ4v) is 4.57. The molecule has 3 atom stereocenters. The van der Waals surface area contributed by atoms with Crippen molar-refractivity contribution in [2.75, 3.05) is 19.6 Å². The number of aromatic amines is 1. The van der Waals surface area contributed by atoms with Gasteiger partial charge in [-0.3, -0.25) is 14.4 Å². The van der Waals surface area contributed by atoms with Gasteiger partial charge in [0.2, 0.25) is 5.91 Å². The molecule has 0 unspecified atom stereocenters. The van der Waals surface area contributed by atoms with Crippen LogP contribution in [-0.2, 0) is 11.2 Å². The summed E-state index contributed by atoms with van der Waals surface area (Å²) in [5.41, 5.74) is 1.67. The summed E-state index contributed by atoms with van der Waals surface area (Å²) in [4.78, 5) is 44.1. The summed E-state index contributed by atoms with van der Waals surface area (Å²) in [7, 11) is 0. The smallest absolute Gasteiger partial charge is 0.254 e. The normalized spacial score (nSPS) is 22.3. The molecule has 1 fully saturated rings. The second-order valence-electron chi connectivity index (χ2n) is 7.77. The monoisotopic (exact) mass is 419 g/mol. The van der Waals surface area contributed by atoms with Gasteiger partial charge in [-0.25, -0.2) is 4.98 Å². The van der Waals surface area contributed by atoms with Crippen molar-refractivity contribution in [3.63, 3.8) is 0 Å². The van der Waals surface area contributed by atoms with E-state index in [4.69, 9.17) is 0 Å². The van der Waals surface area contributed by atoms with Crippen LogP contribution in [0.25, 0.3) is 0 Å². The molecule has 2 aromatic rings. The zero-order valence-corrected chi connectivity index (χ0v) is 17.3. The van der Waals surface area contributed by atoms with E-state index >= 15 is 0 Å². The third kappa shape index (κ3) is 4.13. The van der Waals surface area contributed by atoms with E-state index < -0.39 is 0 Å². The van der Waals surface area contributed by atoms with Crippen LogP contribution >= 0.6 is 12.4 Å². The predicted octanol–water partition coefficient (Wildman–Crippen LogP) is 0.577. The van der Waals surface area contributed by atoms with Crippen molar-refractivity contribution in [1.29, 1.82) is 0 Å². The molecule has 4 rings (SSSR count). The van der Waals surface area contributed by atoms with E-state index in [1.165, 1.54) is 0 Å². The molecule has 2 aliphatic heterocycles. The van der Waals surface area contributed by atoms with E-state index in [-0.39, 0.29) is 47.8 Å². The molecule has 2 bridgehead atoms. The SMILES string of the molecule is Cc1nc(C)c(CC(=O)NC[C@H]2[C@@H]3CNC[C@@H](C3)c3cccc(=O)n32)c(=O)[nH]1.Cl. The lowest BCUT2D eigenvalue weighted by molar-refractivity contribution is -0.120. The Kier molecular flexibility index (Phi) is 6.24. The molecule has 2 aromatic heterocycles. The molecular formula is C20H26ClN5O3. The second kappa shape index (κ2) is 8.51. The van der Waals surface area contributed by atoms with Crippen molar-refractivity contribution in [2.24, 2.45) is 5.92 Å². The zero-order chi connectivity index (χ0) is 19.8. The van der Waals surface area contributed by atoms with Gasteiger partial charge in [0.1, 0.15) is 5.82 Å². The van der Waals surface area contributed by atoms with Crippen LogP contribution in [0.4, 0.5) is 0 Å². The minimum Gasteiger partial charge on any atom is -0.354 e. The van der Waals surface area contributed by atoms with Gasteiger partial charge in [-0.15, -0.1) is 12.4 Å². The number of aromatic nitrogens is 3. The zero-order valence-electron chi connectivity index (χ0n) is 16.5. The van der Waals surface area contributed by atoms with Crippen molar-refractivity contribution in [3.8, 4) is 0 Å². The highest BCUT2D eigenvalue weighted by molar-refractivity contribution is 5.85. The van der Waals surface area contributed by atoms with Crippen molar-refractivity contribution in [1.82, 2.24) is 25.2 Å². The van der Waals surface area contributed by atoms with E-state index in [1.54, 1.807) is 26.0 Å². The summed E-state index contributed by atoms with van der Waals surface area (Å²) in [6, 6.07) is 5.30. The van der Waals surface area contributed by atoms with Crippen LogP contribution in [0.15, 0.2) is 27.8 Å². The maximum Gasteiger partial charge on any atom is 0.254 e. The van der Waals surface area contributed by atoms with E-state index in [1.807, 2.05) is 10.6 Å². The maximum atomic E-state index is 12.5. The number of nitrogens with zero attached hydrogens (tertiary/aromatic N) is 2. The molecule has 3 N–H and O–H groups in total. The molecule has 1 saturated heterocycles. The lowest BCUT2D eigenvalue weighted by Crippen LogP contribution is -2.50. The summed E-state index contributed by atoms with van der Waals surface area (Å²) >= 11 is 0. The molecule has 0 aliphatic carbocycles. The number of amides is 1. The summed E-state index contributed by atoms with van der Waals surface area (Å²) in [6.07, 6.45) is 0.987. The molecule has 2 aliphatic rings. The number of nitrogens with one attached hydrogen (secondary N) is 3. The second-order valence-corrected chi connectivity index (χ2v) is 7.77. The van der Waals surface area contributed by atoms with Crippen LogP contribution < -0.4 is 21.8 Å². The van der Waals surface area contributed by atoms with Gasteiger partial charge in [0.15, 0.2) is 0 Å². The van der Waals surface area contributed by atoms with E-state index in [0.29, 0.717) is 29.5 Å². The number of hydrogen-bond acceptors (Lipinski definition) is 5. The van der Waals surface area contributed by atoms with Crippen LogP contribution in [-0.4, -0.2) is 40.1 Å². The highest BCUT2D eigenvalue weighted by atomic mass is 35.5. The number of aryl methyl sites for hydroxylation is 2. The van der Waals surface area contributed by atoms with Crippen LogP contribution in [0.2, 0.25) is 0 Å². The number of piperidine rings is 1. The van der Waals surface area contributed by atoms with Crippen molar-refractivity contribution >= 4 is 18.3 Å². The molecule has 156 valence electrons. The molecule has 9 heteroatoms. The Balaban J connectivity index is 0.00000240. The summed E-state index contributed by atoms with van der Waals surface area (Å²) in [5.74, 6) is 0.914. The van der Waals surface area contributed by atoms with Gasteiger partial charge in [-0.05, 0) is 32.3 Å². The van der Waals surface area contributed by atoms with Crippen LogP contribution in [0.5, 0.6) is 0 Å². The van der Waals surface area contributed by atoms with E-state index in [2.05, 4.69) is 20.6 Å². The molecule has 29 heavy (non-hydrogen) atoms. The lowest BCUT2D eigenvalue weighted by atomic mass is 9.79. The van der Waals surface area contributed by atoms with Gasteiger partial charge in [-0.1, -0.05) is 6.07 Å². The Morgan fingerprint density at radius 2 is 2.07 bits per heavy atom. The highest BCUT2D eigenvalue weighted by Gasteiger charge is 2.37. The Labute approximate surface area is 174 Å². The first-order valence-corrected chi connectivity index (χ1v) is 9.69. The first-order chi connectivity index (χ1) is 13.4. The quantitative estimate of drug-likeness (QED) is 0.671. The average Bonchev–Trinajstić information content (AvgIpc) is 2.65. The molecular weight excluding hydrogens is 394 g/mol. The van der Waals surface area contributed by atoms with E-state index in [0.717, 1.165) is 25.2 Å². The maximum absolute atomic E-state index is 12.5.